The number of anilines is 1. The van der Waals surface area contributed by atoms with Gasteiger partial charge in [0.2, 0.25) is 5.91 Å². The smallest absolute Gasteiger partial charge is 0.333 e. The number of methoxy groups -OCH3 is 1. The number of aliphatic hydroxyl groups excluding tert-OH is 1. The molecule has 3 atom stereocenters. The molecule has 7 nitrogen and oxygen atoms in total. The summed E-state index contributed by atoms with van der Waals surface area (Å²) in [6.07, 6.45) is -1.35. The highest BCUT2D eigenvalue weighted by atomic mass is 16.5. The summed E-state index contributed by atoms with van der Waals surface area (Å²) >= 11 is 0. The highest BCUT2D eigenvalue weighted by molar-refractivity contribution is 5.86. The second kappa shape index (κ2) is 10.7. The molecule has 7 heteroatoms. The molecule has 0 aliphatic carbocycles. The van der Waals surface area contributed by atoms with Crippen molar-refractivity contribution >= 4 is 17.6 Å². The first-order valence-electron chi connectivity index (χ1n) is 11.4. The largest absolute Gasteiger partial charge is 0.497 e. The first-order chi connectivity index (χ1) is 15.7. The van der Waals surface area contributed by atoms with Crippen LogP contribution in [-0.2, 0) is 9.59 Å². The van der Waals surface area contributed by atoms with E-state index in [2.05, 4.69) is 29.2 Å². The van der Waals surface area contributed by atoms with Crippen LogP contribution in [0.15, 0.2) is 48.5 Å². The molecule has 2 aromatic carbocycles. The van der Waals surface area contributed by atoms with E-state index in [9.17, 15) is 19.8 Å². The van der Waals surface area contributed by atoms with Crippen LogP contribution >= 0.6 is 0 Å². The van der Waals surface area contributed by atoms with Gasteiger partial charge in [-0.1, -0.05) is 38.1 Å². The zero-order chi connectivity index (χ0) is 24.1. The first kappa shape index (κ1) is 24.6. The minimum Gasteiger partial charge on any atom is -0.497 e. The number of aliphatic hydroxyl groups is 1. The van der Waals surface area contributed by atoms with Crippen LogP contribution in [0.4, 0.5) is 5.69 Å². The van der Waals surface area contributed by atoms with Crippen molar-refractivity contribution < 1.29 is 24.5 Å². The summed E-state index contributed by atoms with van der Waals surface area (Å²) in [5.41, 5.74) is 3.30. The quantitative estimate of drug-likeness (QED) is 0.635. The second-order valence-corrected chi connectivity index (χ2v) is 9.12. The van der Waals surface area contributed by atoms with E-state index in [1.807, 2.05) is 45.0 Å². The number of piperazine rings is 1. The molecule has 3 rings (SSSR count). The predicted molar refractivity (Wildman–Crippen MR) is 128 cm³/mol. The number of hydrogen-bond acceptors (Lipinski definition) is 5. The van der Waals surface area contributed by atoms with Gasteiger partial charge in [-0.25, -0.2) is 4.79 Å². The molecule has 2 N–H and O–H groups in total. The first-order valence-corrected chi connectivity index (χ1v) is 11.4. The highest BCUT2D eigenvalue weighted by Crippen LogP contribution is 2.27. The van der Waals surface area contributed by atoms with Crippen molar-refractivity contribution in [3.63, 3.8) is 0 Å². The van der Waals surface area contributed by atoms with E-state index in [1.54, 1.807) is 12.0 Å². The molecule has 1 aliphatic heterocycles. The van der Waals surface area contributed by atoms with Crippen LogP contribution in [0.25, 0.3) is 11.1 Å². The van der Waals surface area contributed by atoms with Crippen LogP contribution in [0.2, 0.25) is 0 Å². The number of nitrogens with zero attached hydrogens (tertiary/aromatic N) is 2. The van der Waals surface area contributed by atoms with Gasteiger partial charge in [-0.15, -0.1) is 0 Å². The van der Waals surface area contributed by atoms with Crippen molar-refractivity contribution in [2.24, 2.45) is 11.8 Å². The number of carboxylic acids is 1. The van der Waals surface area contributed by atoms with E-state index in [0.717, 1.165) is 22.6 Å². The standard InChI is InChI=1S/C26H34N2O5/c1-17(2)15-23(24(29)26(31)32)25(30)28-14-13-27(16-18(28)3)21-9-5-19(6-10-21)20-7-11-22(33-4)12-8-20/h5-12,17-18,23-24,29H,13-16H2,1-4H3,(H,31,32)/t18-,23+,24+/m1/s1. The highest BCUT2D eigenvalue weighted by Gasteiger charge is 2.38. The van der Waals surface area contributed by atoms with Crippen molar-refractivity contribution in [2.75, 3.05) is 31.6 Å². The number of aliphatic carboxylic acids is 1. The van der Waals surface area contributed by atoms with Crippen LogP contribution in [0.3, 0.4) is 0 Å². The zero-order valence-corrected chi connectivity index (χ0v) is 19.8. The maximum absolute atomic E-state index is 13.2. The zero-order valence-electron chi connectivity index (χ0n) is 19.8. The second-order valence-electron chi connectivity index (χ2n) is 9.12. The maximum Gasteiger partial charge on any atom is 0.333 e. The summed E-state index contributed by atoms with van der Waals surface area (Å²) in [4.78, 5) is 28.5. The van der Waals surface area contributed by atoms with E-state index in [-0.39, 0.29) is 17.9 Å². The monoisotopic (exact) mass is 454 g/mol. The van der Waals surface area contributed by atoms with Gasteiger partial charge in [0.1, 0.15) is 5.75 Å². The van der Waals surface area contributed by atoms with Gasteiger partial charge >= 0.3 is 5.97 Å². The molecule has 1 saturated heterocycles. The molecule has 33 heavy (non-hydrogen) atoms. The minimum atomic E-state index is -1.68. The van der Waals surface area contributed by atoms with Crippen molar-refractivity contribution in [3.05, 3.63) is 48.5 Å². The number of rotatable bonds is 8. The molecule has 0 spiro atoms. The SMILES string of the molecule is COc1ccc(-c2ccc(N3CCN(C(=O)[C@@H](CC(C)C)[C@H](O)C(=O)O)[C@H](C)C3)cc2)cc1. The molecule has 178 valence electrons. The van der Waals surface area contributed by atoms with Gasteiger partial charge in [0.25, 0.3) is 0 Å². The fourth-order valence-corrected chi connectivity index (χ4v) is 4.43. The average Bonchev–Trinajstić information content (AvgIpc) is 2.81. The van der Waals surface area contributed by atoms with E-state index >= 15 is 0 Å². The maximum atomic E-state index is 13.2. The summed E-state index contributed by atoms with van der Waals surface area (Å²) in [6, 6.07) is 16.2. The lowest BCUT2D eigenvalue weighted by atomic mass is 9.90. The molecule has 1 fully saturated rings. The number of carbonyl (C=O) groups excluding carboxylic acids is 1. The Bertz CT molecular complexity index is 942. The van der Waals surface area contributed by atoms with Gasteiger partial charge in [0, 0.05) is 31.4 Å². The molecule has 0 unspecified atom stereocenters. The Hall–Kier alpha value is -3.06. The molecule has 1 aliphatic rings. The Morgan fingerprint density at radius 3 is 2.09 bits per heavy atom. The van der Waals surface area contributed by atoms with Crippen LogP contribution in [0.1, 0.15) is 27.2 Å². The molecule has 0 aromatic heterocycles. The van der Waals surface area contributed by atoms with Crippen LogP contribution < -0.4 is 9.64 Å². The van der Waals surface area contributed by atoms with E-state index in [1.165, 1.54) is 0 Å². The molecule has 0 radical (unpaired) electrons. The minimum absolute atomic E-state index is 0.0943. The van der Waals surface area contributed by atoms with Crippen molar-refractivity contribution in [1.29, 1.82) is 0 Å². The van der Waals surface area contributed by atoms with Crippen LogP contribution in [0.5, 0.6) is 5.75 Å². The Labute approximate surface area is 195 Å². The number of ether oxygens (including phenoxy) is 1. The van der Waals surface area contributed by atoms with Crippen molar-refractivity contribution in [2.45, 2.75) is 39.3 Å². The Kier molecular flexibility index (Phi) is 7.97. The summed E-state index contributed by atoms with van der Waals surface area (Å²) in [5, 5.41) is 19.4. The van der Waals surface area contributed by atoms with Gasteiger partial charge in [0.05, 0.1) is 13.0 Å². The lowest BCUT2D eigenvalue weighted by Crippen LogP contribution is -2.57. The summed E-state index contributed by atoms with van der Waals surface area (Å²) < 4.78 is 5.22. The van der Waals surface area contributed by atoms with Crippen molar-refractivity contribution in [3.8, 4) is 16.9 Å². The molecule has 0 saturated carbocycles. The normalized spacial score (nSPS) is 18.2. The number of amides is 1. The number of carbonyl (C=O) groups is 2. The lowest BCUT2D eigenvalue weighted by Gasteiger charge is -2.42. The average molecular weight is 455 g/mol. The van der Waals surface area contributed by atoms with Gasteiger partial charge in [-0.3, -0.25) is 4.79 Å². The van der Waals surface area contributed by atoms with Gasteiger partial charge in [-0.2, -0.15) is 0 Å². The van der Waals surface area contributed by atoms with E-state index in [0.29, 0.717) is 26.1 Å². The fraction of sp³-hybridized carbons (Fsp3) is 0.462. The number of carboxylic acid groups (broad SMARTS) is 1. The summed E-state index contributed by atoms with van der Waals surface area (Å²) in [6.45, 7) is 7.59. The molecule has 1 heterocycles. The van der Waals surface area contributed by atoms with E-state index in [4.69, 9.17) is 4.74 Å². The van der Waals surface area contributed by atoms with Gasteiger partial charge in [-0.05, 0) is 54.7 Å². The summed E-state index contributed by atoms with van der Waals surface area (Å²) in [5.74, 6) is -1.63. The van der Waals surface area contributed by atoms with Gasteiger partial charge in [0.15, 0.2) is 6.10 Å². The van der Waals surface area contributed by atoms with Crippen LogP contribution in [0, 0.1) is 11.8 Å². The summed E-state index contributed by atoms with van der Waals surface area (Å²) in [7, 11) is 1.65. The van der Waals surface area contributed by atoms with E-state index < -0.39 is 18.0 Å². The molecule has 2 aromatic rings. The molecular weight excluding hydrogens is 420 g/mol. The van der Waals surface area contributed by atoms with Crippen LogP contribution in [-0.4, -0.2) is 65.9 Å². The number of hydrogen-bond donors (Lipinski definition) is 2. The molecular formula is C26H34N2O5. The predicted octanol–water partition coefficient (Wildman–Crippen LogP) is 3.51. The Morgan fingerprint density at radius 1 is 1.03 bits per heavy atom. The number of benzene rings is 2. The molecule has 0 bridgehead atoms. The Balaban J connectivity index is 1.67. The molecule has 1 amide bonds. The van der Waals surface area contributed by atoms with Crippen molar-refractivity contribution in [1.82, 2.24) is 4.90 Å². The topological polar surface area (TPSA) is 90.3 Å². The lowest BCUT2D eigenvalue weighted by molar-refractivity contribution is -0.158. The fourth-order valence-electron chi connectivity index (χ4n) is 4.43. The third-order valence-corrected chi connectivity index (χ3v) is 6.24. The van der Waals surface area contributed by atoms with Gasteiger partial charge < -0.3 is 24.7 Å². The third kappa shape index (κ3) is 5.85. The third-order valence-electron chi connectivity index (χ3n) is 6.24. The Morgan fingerprint density at radius 2 is 1.61 bits per heavy atom.